The molecule has 0 aliphatic heterocycles. The third kappa shape index (κ3) is 6.85. The molecule has 1 atom stereocenters. The summed E-state index contributed by atoms with van der Waals surface area (Å²) in [4.78, 5) is 24.1. The molecule has 0 fully saturated rings. The number of carbonyl (C=O) groups excluding carboxylic acids is 2. The van der Waals surface area contributed by atoms with Gasteiger partial charge in [0.05, 0.1) is 7.05 Å². The van der Waals surface area contributed by atoms with Crippen LogP contribution in [0, 0.1) is 5.82 Å². The molecular weight excluding hydrogens is 273 g/mol. The van der Waals surface area contributed by atoms with E-state index >= 15 is 0 Å². The summed E-state index contributed by atoms with van der Waals surface area (Å²) in [7, 11) is 1.77. The van der Waals surface area contributed by atoms with Crippen LogP contribution < -0.4 is 15.5 Å². The van der Waals surface area contributed by atoms with Crippen LogP contribution in [0.15, 0.2) is 24.3 Å². The van der Waals surface area contributed by atoms with Crippen molar-refractivity contribution in [1.82, 2.24) is 10.6 Å². The van der Waals surface area contributed by atoms with Gasteiger partial charge < -0.3 is 10.2 Å². The molecule has 3 amide bonds. The minimum Gasteiger partial charge on any atom is -0.333 e. The van der Waals surface area contributed by atoms with E-state index in [-0.39, 0.29) is 12.4 Å². The summed E-state index contributed by atoms with van der Waals surface area (Å²) in [5, 5.41) is 4.91. The molecule has 116 valence electrons. The number of amides is 3. The number of halogens is 1. The summed E-state index contributed by atoms with van der Waals surface area (Å²) in [6, 6.07) is 5.93. The highest BCUT2D eigenvalue weighted by Gasteiger charge is 2.18. The Bertz CT molecular complexity index is 512. The normalized spacial score (nSPS) is 12.6. The second kappa shape index (κ2) is 7.17. The van der Waals surface area contributed by atoms with Crippen LogP contribution in [-0.2, 0) is 11.3 Å². The quantitative estimate of drug-likeness (QED) is 0.756. The van der Waals surface area contributed by atoms with Crippen LogP contribution in [0.1, 0.15) is 26.3 Å². The van der Waals surface area contributed by atoms with Gasteiger partial charge in [-0.25, -0.2) is 9.18 Å². The lowest BCUT2D eigenvalue weighted by atomic mass is 10.1. The number of benzene rings is 1. The van der Waals surface area contributed by atoms with Crippen LogP contribution in [0.4, 0.5) is 9.18 Å². The molecule has 0 aliphatic rings. The number of hydrogen-bond acceptors (Lipinski definition) is 2. The van der Waals surface area contributed by atoms with E-state index in [1.54, 1.807) is 25.2 Å². The van der Waals surface area contributed by atoms with E-state index < -0.39 is 17.5 Å². The maximum atomic E-state index is 13.5. The largest absolute Gasteiger partial charge is 0.333 e. The second-order valence-electron chi connectivity index (χ2n) is 6.15. The van der Waals surface area contributed by atoms with Gasteiger partial charge in [-0.1, -0.05) is 18.2 Å². The molecule has 0 radical (unpaired) electrons. The Labute approximate surface area is 124 Å². The minimum atomic E-state index is -0.522. The number of hydrogen-bond donors (Lipinski definition) is 3. The first-order chi connectivity index (χ1) is 9.67. The molecule has 5 nitrogen and oxygen atoms in total. The first-order valence-electron chi connectivity index (χ1n) is 6.84. The molecule has 0 bridgehead atoms. The Morgan fingerprint density at radius 3 is 2.43 bits per heavy atom. The van der Waals surface area contributed by atoms with Gasteiger partial charge in [-0.05, 0) is 26.8 Å². The van der Waals surface area contributed by atoms with E-state index in [2.05, 4.69) is 10.6 Å². The number of likely N-dealkylation sites (N-methyl/N-ethyl adjacent to an activating group) is 1. The zero-order chi connectivity index (χ0) is 16.0. The zero-order valence-corrected chi connectivity index (χ0v) is 12.9. The summed E-state index contributed by atoms with van der Waals surface area (Å²) in [5.41, 5.74) is 0.137. The smallest absolute Gasteiger partial charge is 0.322 e. The lowest BCUT2D eigenvalue weighted by Crippen LogP contribution is -3.09. The monoisotopic (exact) mass is 296 g/mol. The fourth-order valence-corrected chi connectivity index (χ4v) is 1.85. The molecule has 0 aromatic heterocycles. The lowest BCUT2D eigenvalue weighted by Gasteiger charge is -2.20. The van der Waals surface area contributed by atoms with Crippen LogP contribution in [0.2, 0.25) is 0 Å². The molecule has 1 rings (SSSR count). The molecule has 0 aliphatic carbocycles. The van der Waals surface area contributed by atoms with Gasteiger partial charge in [-0.3, -0.25) is 10.1 Å². The Hall–Kier alpha value is -1.95. The van der Waals surface area contributed by atoms with Crippen molar-refractivity contribution in [2.45, 2.75) is 32.9 Å². The van der Waals surface area contributed by atoms with E-state index in [0.717, 1.165) is 4.90 Å². The van der Waals surface area contributed by atoms with E-state index in [0.29, 0.717) is 12.1 Å². The Morgan fingerprint density at radius 2 is 1.86 bits per heavy atom. The number of urea groups is 1. The van der Waals surface area contributed by atoms with Gasteiger partial charge in [0.25, 0.3) is 5.91 Å². The molecule has 6 heteroatoms. The van der Waals surface area contributed by atoms with E-state index in [1.807, 2.05) is 20.8 Å². The predicted molar refractivity (Wildman–Crippen MR) is 78.3 cm³/mol. The maximum absolute atomic E-state index is 13.5. The summed E-state index contributed by atoms with van der Waals surface area (Å²) < 4.78 is 13.5. The topological polar surface area (TPSA) is 62.6 Å². The number of carbonyl (C=O) groups is 2. The van der Waals surface area contributed by atoms with E-state index in [1.165, 1.54) is 6.07 Å². The minimum absolute atomic E-state index is 0.0892. The van der Waals surface area contributed by atoms with Crippen molar-refractivity contribution < 1.29 is 18.9 Å². The van der Waals surface area contributed by atoms with Gasteiger partial charge in [-0.15, -0.1) is 0 Å². The van der Waals surface area contributed by atoms with Crippen molar-refractivity contribution in [2.75, 3.05) is 13.6 Å². The first kappa shape index (κ1) is 17.1. The highest BCUT2D eigenvalue weighted by molar-refractivity contribution is 5.94. The number of nitrogens with one attached hydrogen (secondary N) is 3. The molecule has 0 heterocycles. The van der Waals surface area contributed by atoms with Crippen LogP contribution in [0.5, 0.6) is 0 Å². The molecule has 21 heavy (non-hydrogen) atoms. The average Bonchev–Trinajstić information content (AvgIpc) is 2.28. The summed E-state index contributed by atoms with van der Waals surface area (Å²) in [6.45, 7) is 5.94. The van der Waals surface area contributed by atoms with Crippen LogP contribution in [0.25, 0.3) is 0 Å². The number of imide groups is 1. The fourth-order valence-electron chi connectivity index (χ4n) is 1.85. The van der Waals surface area contributed by atoms with E-state index in [9.17, 15) is 14.0 Å². The van der Waals surface area contributed by atoms with Crippen LogP contribution >= 0.6 is 0 Å². The number of quaternary nitrogens is 1. The molecule has 0 saturated heterocycles. The maximum Gasteiger partial charge on any atom is 0.322 e. The van der Waals surface area contributed by atoms with Gasteiger partial charge >= 0.3 is 6.03 Å². The Kier molecular flexibility index (Phi) is 5.84. The van der Waals surface area contributed by atoms with Crippen LogP contribution in [0.3, 0.4) is 0 Å². The van der Waals surface area contributed by atoms with Crippen molar-refractivity contribution in [3.05, 3.63) is 35.6 Å². The molecule has 0 saturated carbocycles. The Balaban J connectivity index is 2.44. The third-order valence-corrected chi connectivity index (χ3v) is 2.65. The predicted octanol–water partition coefficient (Wildman–Crippen LogP) is 0.465. The molecule has 1 aromatic carbocycles. The second-order valence-corrected chi connectivity index (χ2v) is 6.15. The molecule has 1 unspecified atom stereocenters. The van der Waals surface area contributed by atoms with Gasteiger partial charge in [0, 0.05) is 11.1 Å². The summed E-state index contributed by atoms with van der Waals surface area (Å²) in [6.07, 6.45) is 0. The highest BCUT2D eigenvalue weighted by atomic mass is 19.1. The van der Waals surface area contributed by atoms with Gasteiger partial charge in [0.1, 0.15) is 12.4 Å². The van der Waals surface area contributed by atoms with Crippen LogP contribution in [-0.4, -0.2) is 31.1 Å². The van der Waals surface area contributed by atoms with Crippen molar-refractivity contribution in [2.24, 2.45) is 0 Å². The Morgan fingerprint density at radius 1 is 1.24 bits per heavy atom. The fraction of sp³-hybridized carbons (Fsp3) is 0.467. The first-order valence-corrected chi connectivity index (χ1v) is 6.84. The van der Waals surface area contributed by atoms with Crippen molar-refractivity contribution in [1.29, 1.82) is 0 Å². The van der Waals surface area contributed by atoms with Crippen molar-refractivity contribution >= 4 is 11.9 Å². The third-order valence-electron chi connectivity index (χ3n) is 2.65. The van der Waals surface area contributed by atoms with Gasteiger partial charge in [0.2, 0.25) is 0 Å². The van der Waals surface area contributed by atoms with Crippen molar-refractivity contribution in [3.8, 4) is 0 Å². The lowest BCUT2D eigenvalue weighted by molar-refractivity contribution is -0.885. The van der Waals surface area contributed by atoms with Gasteiger partial charge in [0.15, 0.2) is 6.54 Å². The summed E-state index contributed by atoms with van der Waals surface area (Å²) in [5.74, 6) is -0.687. The molecule has 0 spiro atoms. The SMILES string of the molecule is C[NH+](CC(=O)NC(=O)NC(C)(C)C)Cc1ccccc1F. The zero-order valence-electron chi connectivity index (χ0n) is 12.9. The highest BCUT2D eigenvalue weighted by Crippen LogP contribution is 2.03. The van der Waals surface area contributed by atoms with Crippen molar-refractivity contribution in [3.63, 3.8) is 0 Å². The standard InChI is InChI=1S/C15H22FN3O2/c1-15(2,3)18-14(21)17-13(20)10-19(4)9-11-7-5-6-8-12(11)16/h5-8H,9-10H2,1-4H3,(H2,17,18,20,21)/p+1. The molecule has 3 N–H and O–H groups in total. The summed E-state index contributed by atoms with van der Waals surface area (Å²) >= 11 is 0. The number of rotatable bonds is 4. The van der Waals surface area contributed by atoms with Gasteiger partial charge in [-0.2, -0.15) is 0 Å². The average molecular weight is 296 g/mol. The molecular formula is C15H23FN3O2+. The van der Waals surface area contributed by atoms with E-state index in [4.69, 9.17) is 0 Å². The molecule has 1 aromatic rings.